The van der Waals surface area contributed by atoms with Crippen LogP contribution in [-0.4, -0.2) is 48.1 Å². The number of carbonyl (C=O) groups excluding carboxylic acids is 3. The molecule has 2 heterocycles. The minimum absolute atomic E-state index is 0.0471. The van der Waals surface area contributed by atoms with E-state index >= 15 is 0 Å². The van der Waals surface area contributed by atoms with E-state index in [9.17, 15) is 27.6 Å². The highest BCUT2D eigenvalue weighted by Gasteiger charge is 2.39. The van der Waals surface area contributed by atoms with Gasteiger partial charge in [-0.05, 0) is 55.3 Å². The van der Waals surface area contributed by atoms with Crippen LogP contribution in [0.2, 0.25) is 0 Å². The van der Waals surface area contributed by atoms with Crippen LogP contribution in [0.1, 0.15) is 33.6 Å². The van der Waals surface area contributed by atoms with E-state index in [1.807, 2.05) is 0 Å². The van der Waals surface area contributed by atoms with E-state index in [0.717, 1.165) is 12.8 Å². The summed E-state index contributed by atoms with van der Waals surface area (Å²) in [5.74, 6) is -2.32. The van der Waals surface area contributed by atoms with Crippen LogP contribution < -0.4 is 10.1 Å². The molecule has 2 aromatic rings. The van der Waals surface area contributed by atoms with Gasteiger partial charge in [-0.2, -0.15) is 13.2 Å². The second-order valence-corrected chi connectivity index (χ2v) is 7.14. The Kier molecular flexibility index (Phi) is 5.40. The molecule has 4 rings (SSSR count). The Bertz CT molecular complexity index is 1030. The molecule has 3 amide bonds. The number of amides is 3. The summed E-state index contributed by atoms with van der Waals surface area (Å²) >= 11 is 0. The van der Waals surface area contributed by atoms with Crippen LogP contribution in [0.3, 0.4) is 0 Å². The standard InChI is InChI=1S/C21H17F3N2O5/c22-21(23,24)20(29)25-12-3-5-13(6-4-12)31-14-7-8-16-17(10-14)19(28)26(18(16)27)11-15-2-1-9-30-15/h3-8,10,15H,1-2,9,11H2,(H,25,29). The van der Waals surface area contributed by atoms with E-state index in [0.29, 0.717) is 6.61 Å². The highest BCUT2D eigenvalue weighted by Crippen LogP contribution is 2.31. The summed E-state index contributed by atoms with van der Waals surface area (Å²) in [5, 5.41) is 1.73. The molecule has 0 spiro atoms. The van der Waals surface area contributed by atoms with Crippen LogP contribution in [-0.2, 0) is 9.53 Å². The summed E-state index contributed by atoms with van der Waals surface area (Å²) in [6.07, 6.45) is -3.46. The molecule has 2 aliphatic heterocycles. The Hall–Kier alpha value is -3.40. The zero-order valence-electron chi connectivity index (χ0n) is 16.1. The summed E-state index contributed by atoms with van der Waals surface area (Å²) in [7, 11) is 0. The summed E-state index contributed by atoms with van der Waals surface area (Å²) in [6, 6.07) is 9.72. The van der Waals surface area contributed by atoms with Crippen molar-refractivity contribution < 1.29 is 37.0 Å². The fraction of sp³-hybridized carbons (Fsp3) is 0.286. The van der Waals surface area contributed by atoms with Gasteiger partial charge >= 0.3 is 12.1 Å². The number of imide groups is 1. The molecule has 162 valence electrons. The lowest BCUT2D eigenvalue weighted by molar-refractivity contribution is -0.167. The Balaban J connectivity index is 1.44. The number of rotatable bonds is 5. The van der Waals surface area contributed by atoms with Crippen molar-refractivity contribution in [3.8, 4) is 11.5 Å². The maximum Gasteiger partial charge on any atom is 0.471 e. The fourth-order valence-corrected chi connectivity index (χ4v) is 3.44. The second kappa shape index (κ2) is 8.03. The molecule has 0 radical (unpaired) electrons. The molecule has 7 nitrogen and oxygen atoms in total. The Morgan fingerprint density at radius 1 is 1.06 bits per heavy atom. The molecule has 1 atom stereocenters. The van der Waals surface area contributed by atoms with Crippen molar-refractivity contribution in [1.29, 1.82) is 0 Å². The largest absolute Gasteiger partial charge is 0.471 e. The first-order valence-electron chi connectivity index (χ1n) is 9.50. The number of ether oxygens (including phenoxy) is 2. The van der Waals surface area contributed by atoms with Gasteiger partial charge in [0.15, 0.2) is 0 Å². The summed E-state index contributed by atoms with van der Waals surface area (Å²) < 4.78 is 48.1. The number of carbonyl (C=O) groups is 3. The van der Waals surface area contributed by atoms with Crippen LogP contribution in [0.5, 0.6) is 11.5 Å². The number of alkyl halides is 3. The third-order valence-electron chi connectivity index (χ3n) is 4.96. The number of nitrogens with zero attached hydrogens (tertiary/aromatic N) is 1. The third-order valence-corrected chi connectivity index (χ3v) is 4.96. The van der Waals surface area contributed by atoms with Gasteiger partial charge in [0, 0.05) is 12.3 Å². The summed E-state index contributed by atoms with van der Waals surface area (Å²) in [6.45, 7) is 0.818. The van der Waals surface area contributed by atoms with Gasteiger partial charge in [-0.15, -0.1) is 0 Å². The molecule has 1 N–H and O–H groups in total. The molecule has 0 aromatic heterocycles. The lowest BCUT2D eigenvalue weighted by Crippen LogP contribution is -2.36. The van der Waals surface area contributed by atoms with E-state index in [1.54, 1.807) is 5.32 Å². The monoisotopic (exact) mass is 434 g/mol. The van der Waals surface area contributed by atoms with E-state index < -0.39 is 18.0 Å². The number of halogens is 3. The lowest BCUT2D eigenvalue weighted by Gasteiger charge is -2.17. The van der Waals surface area contributed by atoms with E-state index in [-0.39, 0.29) is 46.9 Å². The van der Waals surface area contributed by atoms with Gasteiger partial charge in [-0.1, -0.05) is 0 Å². The van der Waals surface area contributed by atoms with Gasteiger partial charge in [0.1, 0.15) is 11.5 Å². The molecule has 31 heavy (non-hydrogen) atoms. The van der Waals surface area contributed by atoms with Crippen molar-refractivity contribution in [2.75, 3.05) is 18.5 Å². The van der Waals surface area contributed by atoms with Crippen LogP contribution in [0.15, 0.2) is 42.5 Å². The first kappa shape index (κ1) is 20.9. The molecule has 1 fully saturated rings. The third kappa shape index (κ3) is 4.38. The van der Waals surface area contributed by atoms with E-state index in [4.69, 9.17) is 9.47 Å². The predicted octanol–water partition coefficient (Wildman–Crippen LogP) is 3.75. The van der Waals surface area contributed by atoms with Crippen molar-refractivity contribution in [2.45, 2.75) is 25.1 Å². The zero-order valence-corrected chi connectivity index (χ0v) is 16.1. The molecule has 1 saturated heterocycles. The van der Waals surface area contributed by atoms with Gasteiger partial charge in [0.2, 0.25) is 0 Å². The second-order valence-electron chi connectivity index (χ2n) is 7.14. The van der Waals surface area contributed by atoms with Crippen molar-refractivity contribution >= 4 is 23.4 Å². The Labute approximate surface area is 174 Å². The smallest absolute Gasteiger partial charge is 0.457 e. The number of hydrogen-bond acceptors (Lipinski definition) is 5. The molecule has 0 aliphatic carbocycles. The highest BCUT2D eigenvalue weighted by atomic mass is 19.4. The van der Waals surface area contributed by atoms with Crippen molar-refractivity contribution in [3.63, 3.8) is 0 Å². The van der Waals surface area contributed by atoms with Gasteiger partial charge in [-0.25, -0.2) is 0 Å². The number of nitrogens with one attached hydrogen (secondary N) is 1. The van der Waals surface area contributed by atoms with Crippen molar-refractivity contribution in [3.05, 3.63) is 53.6 Å². The minimum Gasteiger partial charge on any atom is -0.457 e. The van der Waals surface area contributed by atoms with Gasteiger partial charge in [0.05, 0.1) is 23.8 Å². The normalized spacial score (nSPS) is 18.3. The topological polar surface area (TPSA) is 84.9 Å². The maximum atomic E-state index is 12.7. The van der Waals surface area contributed by atoms with Gasteiger partial charge in [0.25, 0.3) is 11.8 Å². The zero-order chi connectivity index (χ0) is 22.2. The number of anilines is 1. The van der Waals surface area contributed by atoms with Crippen LogP contribution in [0.25, 0.3) is 0 Å². The first-order chi connectivity index (χ1) is 14.7. The Morgan fingerprint density at radius 3 is 2.39 bits per heavy atom. The minimum atomic E-state index is -4.98. The number of fused-ring (bicyclic) bond motifs is 1. The van der Waals surface area contributed by atoms with E-state index in [1.165, 1.54) is 47.4 Å². The SMILES string of the molecule is O=C1c2ccc(Oc3ccc(NC(=O)C(F)(F)F)cc3)cc2C(=O)N1CC1CCCO1. The van der Waals surface area contributed by atoms with Crippen molar-refractivity contribution in [1.82, 2.24) is 4.90 Å². The number of hydrogen-bond donors (Lipinski definition) is 1. The highest BCUT2D eigenvalue weighted by molar-refractivity contribution is 6.21. The first-order valence-corrected chi connectivity index (χ1v) is 9.50. The van der Waals surface area contributed by atoms with Crippen LogP contribution >= 0.6 is 0 Å². The maximum absolute atomic E-state index is 12.7. The molecule has 0 bridgehead atoms. The molecule has 2 aliphatic rings. The van der Waals surface area contributed by atoms with E-state index in [2.05, 4.69) is 0 Å². The molecule has 10 heteroatoms. The van der Waals surface area contributed by atoms with Crippen LogP contribution in [0.4, 0.5) is 18.9 Å². The molecule has 0 saturated carbocycles. The van der Waals surface area contributed by atoms with Gasteiger partial charge < -0.3 is 14.8 Å². The lowest BCUT2D eigenvalue weighted by atomic mass is 10.1. The molecule has 1 unspecified atom stereocenters. The van der Waals surface area contributed by atoms with Crippen molar-refractivity contribution in [2.24, 2.45) is 0 Å². The van der Waals surface area contributed by atoms with Crippen LogP contribution in [0, 0.1) is 0 Å². The molecule has 2 aromatic carbocycles. The molecular weight excluding hydrogens is 417 g/mol. The summed E-state index contributed by atoms with van der Waals surface area (Å²) in [4.78, 5) is 37.4. The quantitative estimate of drug-likeness (QED) is 0.725. The average Bonchev–Trinajstić information content (AvgIpc) is 3.32. The number of benzene rings is 2. The van der Waals surface area contributed by atoms with Gasteiger partial charge in [-0.3, -0.25) is 19.3 Å². The molecular formula is C21H17F3N2O5. The Morgan fingerprint density at radius 2 is 1.74 bits per heavy atom. The fourth-order valence-electron chi connectivity index (χ4n) is 3.44. The average molecular weight is 434 g/mol. The summed E-state index contributed by atoms with van der Waals surface area (Å²) in [5.41, 5.74) is 0.448. The predicted molar refractivity (Wildman–Crippen MR) is 102 cm³/mol.